The van der Waals surface area contributed by atoms with Crippen LogP contribution in [0.1, 0.15) is 11.1 Å². The van der Waals surface area contributed by atoms with Crippen molar-refractivity contribution >= 4 is 91.5 Å². The number of halogens is 4. The Balaban J connectivity index is 1.55. The van der Waals surface area contributed by atoms with Crippen LogP contribution in [0, 0.1) is 13.0 Å². The third-order valence-electron chi connectivity index (χ3n) is 4.45. The molecular formula is C23H13ClFI2NO3S. The van der Waals surface area contributed by atoms with E-state index < -0.39 is 5.91 Å². The van der Waals surface area contributed by atoms with Gasteiger partial charge in [0.1, 0.15) is 18.2 Å². The number of nitrogens with zero attached hydrogens (tertiary/aromatic N) is 1. The lowest BCUT2D eigenvalue weighted by atomic mass is 10.2. The molecule has 1 fully saturated rings. The van der Waals surface area contributed by atoms with Gasteiger partial charge in [0.05, 0.1) is 17.7 Å². The molecule has 1 heterocycles. The number of imide groups is 1. The van der Waals surface area contributed by atoms with Gasteiger partial charge in [-0.1, -0.05) is 29.8 Å². The first-order valence-electron chi connectivity index (χ1n) is 9.21. The van der Waals surface area contributed by atoms with Crippen LogP contribution < -0.4 is 9.64 Å². The average molecular weight is 692 g/mol. The Hall–Kier alpha value is -1.63. The maximum atomic E-state index is 13.4. The Morgan fingerprint density at radius 2 is 1.75 bits per heavy atom. The van der Waals surface area contributed by atoms with Crippen molar-refractivity contribution in [2.75, 3.05) is 4.90 Å². The van der Waals surface area contributed by atoms with E-state index in [9.17, 15) is 14.0 Å². The SMILES string of the molecule is O=C1S/C(=C/c2cc(I)c(OCc3cccc(F)c3)c(I)c2)C(=O)N1c1cccc(Cl)c1. The maximum absolute atomic E-state index is 13.4. The third kappa shape index (κ3) is 5.29. The van der Waals surface area contributed by atoms with Gasteiger partial charge in [0.15, 0.2) is 0 Å². The van der Waals surface area contributed by atoms with Crippen LogP contribution >= 0.6 is 68.5 Å². The van der Waals surface area contributed by atoms with Crippen LogP contribution in [0.15, 0.2) is 65.6 Å². The molecule has 1 aliphatic heterocycles. The molecule has 0 N–H and O–H groups in total. The van der Waals surface area contributed by atoms with Crippen LogP contribution in [0.2, 0.25) is 5.02 Å². The van der Waals surface area contributed by atoms with E-state index in [0.29, 0.717) is 21.4 Å². The number of carbonyl (C=O) groups excluding carboxylic acids is 2. The molecule has 4 rings (SSSR count). The molecule has 2 amide bonds. The van der Waals surface area contributed by atoms with Gasteiger partial charge in [0.2, 0.25) is 0 Å². The lowest BCUT2D eigenvalue weighted by Crippen LogP contribution is -2.27. The summed E-state index contributed by atoms with van der Waals surface area (Å²) >= 11 is 11.2. The van der Waals surface area contributed by atoms with Crippen LogP contribution in [-0.4, -0.2) is 11.1 Å². The van der Waals surface area contributed by atoms with Gasteiger partial charge in [-0.2, -0.15) is 0 Å². The summed E-state index contributed by atoms with van der Waals surface area (Å²) in [6, 6.07) is 16.6. The minimum absolute atomic E-state index is 0.238. The third-order valence-corrected chi connectivity index (χ3v) is 7.16. The molecule has 9 heteroatoms. The van der Waals surface area contributed by atoms with E-state index in [1.54, 1.807) is 42.5 Å². The van der Waals surface area contributed by atoms with Crippen LogP contribution in [0.3, 0.4) is 0 Å². The highest BCUT2D eigenvalue weighted by Crippen LogP contribution is 2.37. The highest BCUT2D eigenvalue weighted by molar-refractivity contribution is 14.1. The second-order valence-electron chi connectivity index (χ2n) is 6.73. The fraction of sp³-hybridized carbons (Fsp3) is 0.0435. The molecule has 0 aromatic heterocycles. The normalized spacial score (nSPS) is 15.0. The Kier molecular flexibility index (Phi) is 7.43. The number of amides is 2. The molecule has 0 saturated carbocycles. The topological polar surface area (TPSA) is 46.6 Å². The molecule has 0 spiro atoms. The summed E-state index contributed by atoms with van der Waals surface area (Å²) in [7, 11) is 0. The smallest absolute Gasteiger partial charge is 0.298 e. The molecule has 0 aliphatic carbocycles. The lowest BCUT2D eigenvalue weighted by molar-refractivity contribution is -0.113. The Morgan fingerprint density at radius 3 is 2.44 bits per heavy atom. The number of rotatable bonds is 5. The van der Waals surface area contributed by atoms with Crippen molar-refractivity contribution in [2.24, 2.45) is 0 Å². The van der Waals surface area contributed by atoms with Gasteiger partial charge >= 0.3 is 0 Å². The average Bonchev–Trinajstić information content (AvgIpc) is 3.00. The van der Waals surface area contributed by atoms with Crippen molar-refractivity contribution in [3.05, 3.63) is 94.7 Å². The Bertz CT molecular complexity index is 1240. The Labute approximate surface area is 220 Å². The van der Waals surface area contributed by atoms with Gasteiger partial charge in [-0.3, -0.25) is 9.59 Å². The van der Waals surface area contributed by atoms with Crippen LogP contribution in [0.25, 0.3) is 6.08 Å². The summed E-state index contributed by atoms with van der Waals surface area (Å²) in [4.78, 5) is 26.8. The minimum atomic E-state index is -0.390. The molecule has 1 saturated heterocycles. The quantitative estimate of drug-likeness (QED) is 0.205. The first-order valence-corrected chi connectivity index (χ1v) is 12.6. The largest absolute Gasteiger partial charge is 0.487 e. The molecular weight excluding hydrogens is 679 g/mol. The van der Waals surface area contributed by atoms with Crippen molar-refractivity contribution in [1.82, 2.24) is 0 Å². The summed E-state index contributed by atoms with van der Waals surface area (Å²) in [5.74, 6) is -0.0177. The van der Waals surface area contributed by atoms with E-state index >= 15 is 0 Å². The van der Waals surface area contributed by atoms with Crippen LogP contribution in [0.5, 0.6) is 5.75 Å². The predicted octanol–water partition coefficient (Wildman–Crippen LogP) is 7.51. The zero-order valence-electron chi connectivity index (χ0n) is 16.2. The second kappa shape index (κ2) is 10.1. The highest BCUT2D eigenvalue weighted by Gasteiger charge is 2.36. The van der Waals surface area contributed by atoms with E-state index in [4.69, 9.17) is 16.3 Å². The minimum Gasteiger partial charge on any atom is -0.487 e. The lowest BCUT2D eigenvalue weighted by Gasteiger charge is -2.13. The monoisotopic (exact) mass is 691 g/mol. The van der Waals surface area contributed by atoms with Gasteiger partial charge in [-0.15, -0.1) is 0 Å². The van der Waals surface area contributed by atoms with Gasteiger partial charge in [0.25, 0.3) is 11.1 Å². The summed E-state index contributed by atoms with van der Waals surface area (Å²) in [6.45, 7) is 0.238. The Morgan fingerprint density at radius 1 is 1.03 bits per heavy atom. The van der Waals surface area contributed by atoms with Crippen molar-refractivity contribution < 1.29 is 18.7 Å². The molecule has 4 nitrogen and oxygen atoms in total. The van der Waals surface area contributed by atoms with Gasteiger partial charge in [0, 0.05) is 5.02 Å². The van der Waals surface area contributed by atoms with Gasteiger partial charge in [-0.05, 0) is 117 Å². The van der Waals surface area contributed by atoms with Crippen molar-refractivity contribution in [2.45, 2.75) is 6.61 Å². The highest BCUT2D eigenvalue weighted by atomic mass is 127. The molecule has 162 valence electrons. The number of hydrogen-bond donors (Lipinski definition) is 0. The standard InChI is InChI=1S/C23H13ClFI2NO3S/c24-15-4-2-6-17(11-15)28-22(29)20(32-23(28)30)10-14-8-18(26)21(19(27)9-14)31-12-13-3-1-5-16(25)7-13/h1-11H,12H2/b20-10+. The number of benzene rings is 3. The summed E-state index contributed by atoms with van der Waals surface area (Å²) in [6.07, 6.45) is 1.69. The zero-order valence-corrected chi connectivity index (χ0v) is 22.0. The van der Waals surface area contributed by atoms with E-state index in [0.717, 1.165) is 34.9 Å². The van der Waals surface area contributed by atoms with E-state index in [1.165, 1.54) is 12.1 Å². The molecule has 0 radical (unpaired) electrons. The molecule has 3 aromatic carbocycles. The number of ether oxygens (including phenoxy) is 1. The molecule has 0 unspecified atom stereocenters. The van der Waals surface area contributed by atoms with Crippen molar-refractivity contribution in [3.63, 3.8) is 0 Å². The van der Waals surface area contributed by atoms with E-state index in [2.05, 4.69) is 45.2 Å². The molecule has 3 aromatic rings. The molecule has 1 aliphatic rings. The number of thioether (sulfide) groups is 1. The van der Waals surface area contributed by atoms with Gasteiger partial charge < -0.3 is 4.74 Å². The molecule has 32 heavy (non-hydrogen) atoms. The second-order valence-corrected chi connectivity index (χ2v) is 10.5. The number of carbonyl (C=O) groups is 2. The molecule has 0 bridgehead atoms. The van der Waals surface area contributed by atoms with Gasteiger partial charge in [-0.25, -0.2) is 9.29 Å². The van der Waals surface area contributed by atoms with Crippen LogP contribution in [0.4, 0.5) is 14.9 Å². The number of anilines is 1. The van der Waals surface area contributed by atoms with Crippen molar-refractivity contribution in [1.29, 1.82) is 0 Å². The first-order chi connectivity index (χ1) is 15.3. The summed E-state index contributed by atoms with van der Waals surface area (Å²) < 4.78 is 21.0. The molecule has 0 atom stereocenters. The van der Waals surface area contributed by atoms with E-state index in [1.807, 2.05) is 12.1 Å². The van der Waals surface area contributed by atoms with Crippen molar-refractivity contribution in [3.8, 4) is 5.75 Å². The fourth-order valence-corrected chi connectivity index (χ4v) is 6.19. The first kappa shape index (κ1) is 23.5. The maximum Gasteiger partial charge on any atom is 0.298 e. The van der Waals surface area contributed by atoms with E-state index in [-0.39, 0.29) is 17.7 Å². The zero-order chi connectivity index (χ0) is 22.8. The summed E-state index contributed by atoms with van der Waals surface area (Å²) in [5, 5.41) is 0.0754. The van der Waals surface area contributed by atoms with Crippen LogP contribution in [-0.2, 0) is 11.4 Å². The predicted molar refractivity (Wildman–Crippen MR) is 143 cm³/mol. The fourth-order valence-electron chi connectivity index (χ4n) is 3.04. The summed E-state index contributed by atoms with van der Waals surface area (Å²) in [5.41, 5.74) is 1.94. The number of hydrogen-bond acceptors (Lipinski definition) is 4.